The van der Waals surface area contributed by atoms with Gasteiger partial charge in [-0.05, 0) is 36.5 Å². The summed E-state index contributed by atoms with van der Waals surface area (Å²) in [6.45, 7) is 8.34. The first kappa shape index (κ1) is 15.6. The van der Waals surface area contributed by atoms with Crippen molar-refractivity contribution in [1.29, 1.82) is 0 Å². The van der Waals surface area contributed by atoms with Crippen LogP contribution >= 0.6 is 11.3 Å². The van der Waals surface area contributed by atoms with E-state index in [4.69, 9.17) is 10.5 Å². The van der Waals surface area contributed by atoms with Crippen molar-refractivity contribution < 1.29 is 9.53 Å². The maximum Gasteiger partial charge on any atom is 0.350 e. The summed E-state index contributed by atoms with van der Waals surface area (Å²) in [6.07, 6.45) is 0. The fraction of sp³-hybridized carbons (Fsp3) is 0.353. The molecule has 0 radical (unpaired) electrons. The zero-order valence-corrected chi connectivity index (χ0v) is 13.9. The molecule has 0 atom stereocenters. The number of anilines is 1. The maximum absolute atomic E-state index is 11.9. The predicted octanol–water partition coefficient (Wildman–Crippen LogP) is 4.52. The van der Waals surface area contributed by atoms with E-state index in [-0.39, 0.29) is 11.9 Å². The Bertz CT molecular complexity index is 686. The highest BCUT2D eigenvalue weighted by Crippen LogP contribution is 2.43. The lowest BCUT2D eigenvalue weighted by atomic mass is 9.95. The van der Waals surface area contributed by atoms with Gasteiger partial charge in [-0.3, -0.25) is 0 Å². The molecule has 21 heavy (non-hydrogen) atoms. The standard InChI is InChI=1S/C17H21NO2S/c1-9(2)13-14(18)16(17(19)20-5)21-15(13)12-7-6-10(3)8-11(12)4/h6-9H,18H2,1-5H3. The molecule has 0 fully saturated rings. The number of ether oxygens (including phenoxy) is 1. The number of hydrogen-bond acceptors (Lipinski definition) is 4. The summed E-state index contributed by atoms with van der Waals surface area (Å²) in [5.41, 5.74) is 11.3. The molecule has 0 spiro atoms. The van der Waals surface area contributed by atoms with Crippen molar-refractivity contribution in [3.8, 4) is 10.4 Å². The van der Waals surface area contributed by atoms with Gasteiger partial charge in [-0.2, -0.15) is 0 Å². The van der Waals surface area contributed by atoms with Gasteiger partial charge >= 0.3 is 5.97 Å². The first-order chi connectivity index (χ1) is 9.86. The number of benzene rings is 1. The van der Waals surface area contributed by atoms with E-state index in [9.17, 15) is 4.79 Å². The summed E-state index contributed by atoms with van der Waals surface area (Å²) in [6, 6.07) is 6.33. The van der Waals surface area contributed by atoms with E-state index in [0.717, 1.165) is 16.0 Å². The summed E-state index contributed by atoms with van der Waals surface area (Å²) in [5.74, 6) is -0.120. The SMILES string of the molecule is COC(=O)c1sc(-c2ccc(C)cc2C)c(C(C)C)c1N. The number of rotatable bonds is 3. The minimum absolute atomic E-state index is 0.246. The van der Waals surface area contributed by atoms with Gasteiger partial charge in [0.05, 0.1) is 12.8 Å². The average molecular weight is 303 g/mol. The fourth-order valence-electron chi connectivity index (χ4n) is 2.54. The van der Waals surface area contributed by atoms with E-state index < -0.39 is 0 Å². The number of thiophene rings is 1. The lowest BCUT2D eigenvalue weighted by Crippen LogP contribution is -2.03. The molecule has 0 aliphatic heterocycles. The average Bonchev–Trinajstić information content (AvgIpc) is 2.75. The molecule has 4 heteroatoms. The smallest absolute Gasteiger partial charge is 0.350 e. The summed E-state index contributed by atoms with van der Waals surface area (Å²) in [4.78, 5) is 13.5. The molecular formula is C17H21NO2S. The van der Waals surface area contributed by atoms with Crippen LogP contribution in [0.5, 0.6) is 0 Å². The molecule has 0 aliphatic carbocycles. The third-order valence-corrected chi connectivity index (χ3v) is 4.79. The number of esters is 1. The second-order valence-electron chi connectivity index (χ2n) is 5.55. The number of carbonyl (C=O) groups excluding carboxylic acids is 1. The molecule has 2 aromatic rings. The third-order valence-electron chi connectivity index (χ3n) is 3.56. The highest BCUT2D eigenvalue weighted by Gasteiger charge is 2.24. The fourth-order valence-corrected chi connectivity index (χ4v) is 3.93. The summed E-state index contributed by atoms with van der Waals surface area (Å²) >= 11 is 1.42. The minimum atomic E-state index is -0.365. The topological polar surface area (TPSA) is 52.3 Å². The zero-order chi connectivity index (χ0) is 15.7. The summed E-state index contributed by atoms with van der Waals surface area (Å²) < 4.78 is 4.84. The van der Waals surface area contributed by atoms with Gasteiger partial charge in [-0.15, -0.1) is 11.3 Å². The Hall–Kier alpha value is -1.81. The lowest BCUT2D eigenvalue weighted by molar-refractivity contribution is 0.0607. The monoisotopic (exact) mass is 303 g/mol. The molecule has 1 aromatic carbocycles. The number of hydrogen-bond donors (Lipinski definition) is 1. The second kappa shape index (κ2) is 5.90. The van der Waals surface area contributed by atoms with Crippen LogP contribution in [0.4, 0.5) is 5.69 Å². The normalized spacial score (nSPS) is 11.0. The minimum Gasteiger partial charge on any atom is -0.465 e. The highest BCUT2D eigenvalue weighted by atomic mass is 32.1. The molecule has 1 aromatic heterocycles. The largest absolute Gasteiger partial charge is 0.465 e. The van der Waals surface area contributed by atoms with Crippen LogP contribution in [-0.4, -0.2) is 13.1 Å². The third kappa shape index (κ3) is 2.81. The molecule has 0 saturated heterocycles. The van der Waals surface area contributed by atoms with Crippen LogP contribution in [0.25, 0.3) is 10.4 Å². The van der Waals surface area contributed by atoms with E-state index in [2.05, 4.69) is 45.9 Å². The van der Waals surface area contributed by atoms with Crippen LogP contribution in [0.3, 0.4) is 0 Å². The molecule has 1 heterocycles. The molecule has 3 nitrogen and oxygen atoms in total. The Morgan fingerprint density at radius 1 is 1.29 bits per heavy atom. The Labute approximate surface area is 129 Å². The molecule has 0 saturated carbocycles. The Morgan fingerprint density at radius 2 is 1.95 bits per heavy atom. The number of carbonyl (C=O) groups is 1. The van der Waals surface area contributed by atoms with Crippen LogP contribution in [0, 0.1) is 13.8 Å². The van der Waals surface area contributed by atoms with Gasteiger partial charge in [0.15, 0.2) is 0 Å². The van der Waals surface area contributed by atoms with Crippen molar-refractivity contribution in [2.75, 3.05) is 12.8 Å². The van der Waals surface area contributed by atoms with Crippen molar-refractivity contribution >= 4 is 23.0 Å². The van der Waals surface area contributed by atoms with Crippen LogP contribution in [0.1, 0.15) is 46.1 Å². The first-order valence-corrected chi connectivity index (χ1v) is 7.76. The van der Waals surface area contributed by atoms with Crippen molar-refractivity contribution in [3.63, 3.8) is 0 Å². The first-order valence-electron chi connectivity index (χ1n) is 6.94. The Kier molecular flexibility index (Phi) is 4.37. The number of nitrogens with two attached hydrogens (primary N) is 1. The van der Waals surface area contributed by atoms with Crippen molar-refractivity contribution in [3.05, 3.63) is 39.8 Å². The van der Waals surface area contributed by atoms with Crippen LogP contribution < -0.4 is 5.73 Å². The quantitative estimate of drug-likeness (QED) is 0.848. The van der Waals surface area contributed by atoms with Gasteiger partial charge in [0.2, 0.25) is 0 Å². The van der Waals surface area contributed by atoms with Crippen LogP contribution in [0.15, 0.2) is 18.2 Å². The maximum atomic E-state index is 11.9. The number of nitrogen functional groups attached to an aromatic ring is 1. The van der Waals surface area contributed by atoms with E-state index in [1.807, 2.05) is 0 Å². The van der Waals surface area contributed by atoms with Gasteiger partial charge in [0.1, 0.15) is 4.88 Å². The molecule has 0 bridgehead atoms. The lowest BCUT2D eigenvalue weighted by Gasteiger charge is -2.11. The number of aryl methyl sites for hydroxylation is 2. The van der Waals surface area contributed by atoms with Gasteiger partial charge in [0, 0.05) is 4.88 Å². The Balaban J connectivity index is 2.70. The highest BCUT2D eigenvalue weighted by molar-refractivity contribution is 7.18. The summed E-state index contributed by atoms with van der Waals surface area (Å²) in [7, 11) is 1.38. The molecule has 2 N–H and O–H groups in total. The molecular weight excluding hydrogens is 282 g/mol. The van der Waals surface area contributed by atoms with Crippen molar-refractivity contribution in [2.45, 2.75) is 33.6 Å². The molecule has 0 aliphatic rings. The molecule has 2 rings (SSSR count). The zero-order valence-electron chi connectivity index (χ0n) is 13.1. The van der Waals surface area contributed by atoms with Gasteiger partial charge < -0.3 is 10.5 Å². The van der Waals surface area contributed by atoms with Crippen LogP contribution in [-0.2, 0) is 4.74 Å². The van der Waals surface area contributed by atoms with E-state index in [0.29, 0.717) is 10.6 Å². The van der Waals surface area contributed by atoms with E-state index in [1.54, 1.807) is 0 Å². The van der Waals surface area contributed by atoms with Crippen LogP contribution in [0.2, 0.25) is 0 Å². The number of methoxy groups -OCH3 is 1. The second-order valence-corrected chi connectivity index (χ2v) is 6.57. The predicted molar refractivity (Wildman–Crippen MR) is 89.1 cm³/mol. The Morgan fingerprint density at radius 3 is 2.48 bits per heavy atom. The van der Waals surface area contributed by atoms with E-state index in [1.165, 1.54) is 29.6 Å². The van der Waals surface area contributed by atoms with Gasteiger partial charge in [-0.25, -0.2) is 4.79 Å². The van der Waals surface area contributed by atoms with Gasteiger partial charge in [0.25, 0.3) is 0 Å². The van der Waals surface area contributed by atoms with E-state index >= 15 is 0 Å². The summed E-state index contributed by atoms with van der Waals surface area (Å²) in [5, 5.41) is 0. The molecule has 112 valence electrons. The molecule has 0 unspecified atom stereocenters. The van der Waals surface area contributed by atoms with Crippen molar-refractivity contribution in [1.82, 2.24) is 0 Å². The molecule has 0 amide bonds. The van der Waals surface area contributed by atoms with Crippen molar-refractivity contribution in [2.24, 2.45) is 0 Å². The van der Waals surface area contributed by atoms with Gasteiger partial charge in [-0.1, -0.05) is 37.6 Å².